The number of carboxylic acid groups (broad SMARTS) is 1. The van der Waals surface area contributed by atoms with E-state index in [1.54, 1.807) is 11.8 Å². The molecule has 4 heterocycles. The SMILES string of the molecule is CCC(=O)C[C@H](C)[C@H]1C(=O)N2C(C(=O)O)=C(S[C@@H]3CN[C@H](C(=O)N4C[C@@H](N)C[C@H]4CNS(N)(=O)=O)C3)[C@H](C)[C@H]12. The largest absolute Gasteiger partial charge is 0.477 e. The molecule has 0 saturated carbocycles. The van der Waals surface area contributed by atoms with Gasteiger partial charge in [-0.15, -0.1) is 11.8 Å². The second-order valence-electron chi connectivity index (χ2n) is 11.1. The van der Waals surface area contributed by atoms with Crippen LogP contribution in [0.3, 0.4) is 0 Å². The first-order chi connectivity index (χ1) is 18.2. The van der Waals surface area contributed by atoms with Crippen molar-refractivity contribution in [2.45, 2.75) is 75.9 Å². The van der Waals surface area contributed by atoms with Crippen LogP contribution in [-0.2, 0) is 29.4 Å². The fraction of sp³-hybridized carbons (Fsp3) is 0.750. The predicted octanol–water partition coefficient (Wildman–Crippen LogP) is -1.05. The Balaban J connectivity index is 1.43. The Morgan fingerprint density at radius 3 is 2.59 bits per heavy atom. The summed E-state index contributed by atoms with van der Waals surface area (Å²) >= 11 is 1.39. The Kier molecular flexibility index (Phi) is 8.79. The highest BCUT2D eigenvalue weighted by Crippen LogP contribution is 2.53. The standard InChI is InChI=1S/C24H38N6O7S2/c1-4-15(31)5-11(2)18-19-12(3)21(20(24(34)35)30(19)23(18)33)38-16-7-17(27-9-16)22(32)29-10-13(25)6-14(29)8-28-39(26,36)37/h11-14,16-19,27-28H,4-10,25H2,1-3H3,(H,34,35)(H2,26,36,37)/t11-,12+,13-,14-,16-,17-,18+,19+/m0/s1. The van der Waals surface area contributed by atoms with Crippen LogP contribution in [0.5, 0.6) is 0 Å². The minimum Gasteiger partial charge on any atom is -0.477 e. The van der Waals surface area contributed by atoms with Crippen LogP contribution >= 0.6 is 11.8 Å². The molecule has 4 rings (SSSR count). The summed E-state index contributed by atoms with van der Waals surface area (Å²) in [6.07, 6.45) is 1.58. The van der Waals surface area contributed by atoms with Crippen LogP contribution in [0.15, 0.2) is 10.6 Å². The number of thioether (sulfide) groups is 1. The Hall–Kier alpha value is -2.04. The van der Waals surface area contributed by atoms with Crippen LogP contribution in [0.2, 0.25) is 0 Å². The van der Waals surface area contributed by atoms with E-state index in [0.717, 1.165) is 0 Å². The summed E-state index contributed by atoms with van der Waals surface area (Å²) < 4.78 is 24.9. The maximum atomic E-state index is 13.3. The number of rotatable bonds is 11. The molecule has 0 aromatic heterocycles. The van der Waals surface area contributed by atoms with Crippen molar-refractivity contribution in [3.05, 3.63) is 10.6 Å². The molecule has 39 heavy (non-hydrogen) atoms. The first-order valence-corrected chi connectivity index (χ1v) is 15.7. The number of ketones is 1. The summed E-state index contributed by atoms with van der Waals surface area (Å²) in [5.41, 5.74) is 6.06. The number of aliphatic carboxylic acids is 1. The van der Waals surface area contributed by atoms with Crippen LogP contribution in [0, 0.1) is 17.8 Å². The third-order valence-electron chi connectivity index (χ3n) is 8.28. The van der Waals surface area contributed by atoms with E-state index in [1.165, 1.54) is 16.7 Å². The molecule has 0 radical (unpaired) electrons. The van der Waals surface area contributed by atoms with Crippen molar-refractivity contribution in [2.75, 3.05) is 19.6 Å². The molecule has 13 nitrogen and oxygen atoms in total. The van der Waals surface area contributed by atoms with Crippen molar-refractivity contribution < 1.29 is 32.7 Å². The summed E-state index contributed by atoms with van der Waals surface area (Å²) in [4.78, 5) is 54.2. The van der Waals surface area contributed by atoms with Crippen molar-refractivity contribution in [3.63, 3.8) is 0 Å². The Labute approximate surface area is 232 Å². The first kappa shape index (κ1) is 29.9. The van der Waals surface area contributed by atoms with E-state index >= 15 is 0 Å². The molecule has 0 aliphatic carbocycles. The molecule has 8 atom stereocenters. The molecular formula is C24H38N6O7S2. The molecule has 15 heteroatoms. The second-order valence-corrected chi connectivity index (χ2v) is 13.8. The summed E-state index contributed by atoms with van der Waals surface area (Å²) in [7, 11) is -3.91. The van der Waals surface area contributed by atoms with Gasteiger partial charge in [0, 0.05) is 60.6 Å². The first-order valence-electron chi connectivity index (χ1n) is 13.3. The summed E-state index contributed by atoms with van der Waals surface area (Å²) in [5, 5.41) is 18.2. The number of likely N-dealkylation sites (tertiary alicyclic amines) is 1. The predicted molar refractivity (Wildman–Crippen MR) is 144 cm³/mol. The maximum Gasteiger partial charge on any atom is 0.353 e. The minimum atomic E-state index is -3.91. The number of hydrogen-bond donors (Lipinski definition) is 5. The Morgan fingerprint density at radius 1 is 1.28 bits per heavy atom. The third-order valence-corrected chi connectivity index (χ3v) is 10.4. The quantitative estimate of drug-likeness (QED) is 0.186. The summed E-state index contributed by atoms with van der Waals surface area (Å²) in [6.45, 7) is 6.32. The number of carbonyl (C=O) groups excluding carboxylic acids is 3. The van der Waals surface area contributed by atoms with E-state index in [9.17, 15) is 32.7 Å². The monoisotopic (exact) mass is 586 g/mol. The minimum absolute atomic E-state index is 0.00203. The molecule has 4 aliphatic heterocycles. The number of carbonyl (C=O) groups is 4. The number of Topliss-reactive ketones (excluding diaryl/α,β-unsaturated/α-hetero) is 1. The van der Waals surface area contributed by atoms with Gasteiger partial charge in [-0.25, -0.2) is 14.7 Å². The topological polar surface area (TPSA) is 205 Å². The van der Waals surface area contributed by atoms with Gasteiger partial charge in [0.1, 0.15) is 11.5 Å². The molecule has 3 saturated heterocycles. The molecule has 0 spiro atoms. The van der Waals surface area contributed by atoms with Crippen molar-refractivity contribution in [1.29, 1.82) is 0 Å². The van der Waals surface area contributed by atoms with Gasteiger partial charge in [0.2, 0.25) is 11.8 Å². The van der Waals surface area contributed by atoms with Crippen LogP contribution in [0.25, 0.3) is 0 Å². The summed E-state index contributed by atoms with van der Waals surface area (Å²) in [6, 6.07) is -1.51. The Morgan fingerprint density at radius 2 is 1.97 bits per heavy atom. The van der Waals surface area contributed by atoms with E-state index in [4.69, 9.17) is 10.9 Å². The van der Waals surface area contributed by atoms with Gasteiger partial charge in [-0.2, -0.15) is 8.42 Å². The van der Waals surface area contributed by atoms with Crippen LogP contribution in [0.1, 0.15) is 46.5 Å². The van der Waals surface area contributed by atoms with Gasteiger partial charge >= 0.3 is 5.97 Å². The van der Waals surface area contributed by atoms with E-state index in [2.05, 4.69) is 10.0 Å². The van der Waals surface area contributed by atoms with Crippen LogP contribution in [0.4, 0.5) is 0 Å². The fourth-order valence-electron chi connectivity index (χ4n) is 6.39. The van der Waals surface area contributed by atoms with Gasteiger partial charge in [0.05, 0.1) is 18.0 Å². The van der Waals surface area contributed by atoms with E-state index in [-0.39, 0.29) is 59.0 Å². The third kappa shape index (κ3) is 6.03. The van der Waals surface area contributed by atoms with Crippen LogP contribution < -0.4 is 20.9 Å². The highest BCUT2D eigenvalue weighted by Gasteiger charge is 2.60. The normalized spacial score (nSPS) is 33.4. The smallest absolute Gasteiger partial charge is 0.353 e. The zero-order valence-corrected chi connectivity index (χ0v) is 24.0. The van der Waals surface area contributed by atoms with Crippen molar-refractivity contribution in [2.24, 2.45) is 28.6 Å². The zero-order chi connectivity index (χ0) is 28.8. The molecule has 0 aromatic carbocycles. The second kappa shape index (κ2) is 11.4. The lowest BCUT2D eigenvalue weighted by Crippen LogP contribution is -2.62. The molecule has 0 bridgehead atoms. The number of fused-ring (bicyclic) bond motifs is 1. The number of β-lactam (4-membered cyclic amide) rings is 1. The van der Waals surface area contributed by atoms with Gasteiger partial charge < -0.3 is 26.0 Å². The lowest BCUT2D eigenvalue weighted by molar-refractivity contribution is -0.160. The van der Waals surface area contributed by atoms with Gasteiger partial charge in [0.15, 0.2) is 0 Å². The molecule has 2 amide bonds. The average molecular weight is 587 g/mol. The number of carboxylic acids is 1. The maximum absolute atomic E-state index is 13.3. The molecule has 7 N–H and O–H groups in total. The molecule has 0 unspecified atom stereocenters. The molecule has 218 valence electrons. The fourth-order valence-corrected chi connectivity index (χ4v) is 8.29. The number of hydrogen-bond acceptors (Lipinski definition) is 9. The van der Waals surface area contributed by atoms with Crippen molar-refractivity contribution >= 4 is 45.5 Å². The lowest BCUT2D eigenvalue weighted by Gasteiger charge is -2.47. The van der Waals surface area contributed by atoms with Gasteiger partial charge in [-0.3, -0.25) is 14.4 Å². The number of nitrogens with one attached hydrogen (secondary N) is 2. The van der Waals surface area contributed by atoms with Gasteiger partial charge in [-0.1, -0.05) is 20.8 Å². The highest BCUT2D eigenvalue weighted by molar-refractivity contribution is 8.03. The molecule has 3 fully saturated rings. The van der Waals surface area contributed by atoms with Gasteiger partial charge in [-0.05, 0) is 18.8 Å². The van der Waals surface area contributed by atoms with Gasteiger partial charge in [0.25, 0.3) is 10.2 Å². The molecular weight excluding hydrogens is 548 g/mol. The number of nitrogens with zero attached hydrogens (tertiary/aromatic N) is 2. The molecule has 4 aliphatic rings. The van der Waals surface area contributed by atoms with Crippen molar-refractivity contribution in [3.8, 4) is 0 Å². The number of amides is 2. The van der Waals surface area contributed by atoms with Crippen LogP contribution in [-0.4, -0.2) is 95.9 Å². The number of nitrogens with two attached hydrogens (primary N) is 2. The highest BCUT2D eigenvalue weighted by atomic mass is 32.2. The molecule has 0 aromatic rings. The van der Waals surface area contributed by atoms with E-state index < -0.39 is 34.2 Å². The Bertz CT molecular complexity index is 1180. The lowest BCUT2D eigenvalue weighted by atomic mass is 9.73. The zero-order valence-electron chi connectivity index (χ0n) is 22.3. The van der Waals surface area contributed by atoms with E-state index in [1.807, 2.05) is 13.8 Å². The van der Waals surface area contributed by atoms with E-state index in [0.29, 0.717) is 43.7 Å². The average Bonchev–Trinajstić information content (AvgIpc) is 3.53. The summed E-state index contributed by atoms with van der Waals surface area (Å²) in [5.74, 6) is -2.30. The van der Waals surface area contributed by atoms with Crippen molar-refractivity contribution in [1.82, 2.24) is 19.8 Å².